The first kappa shape index (κ1) is 20.7. The smallest absolute Gasteiger partial charge is 0.320 e. The van der Waals surface area contributed by atoms with Crippen molar-refractivity contribution in [3.05, 3.63) is 51.6 Å². The quantitative estimate of drug-likeness (QED) is 0.585. The summed E-state index contributed by atoms with van der Waals surface area (Å²) >= 11 is 0. The van der Waals surface area contributed by atoms with Crippen molar-refractivity contribution >= 4 is 17.3 Å². The van der Waals surface area contributed by atoms with E-state index in [1.165, 1.54) is 30.1 Å². The van der Waals surface area contributed by atoms with Crippen LogP contribution in [0.4, 0.5) is 15.8 Å². The van der Waals surface area contributed by atoms with Crippen LogP contribution in [0.15, 0.2) is 24.4 Å². The summed E-state index contributed by atoms with van der Waals surface area (Å²) in [7, 11) is 1.51. The molecule has 3 rings (SSSR count). The number of amides is 1. The van der Waals surface area contributed by atoms with Crippen molar-refractivity contribution in [2.75, 3.05) is 37.6 Å². The Bertz CT molecular complexity index is 907. The second kappa shape index (κ2) is 8.56. The molecule has 0 aliphatic carbocycles. The van der Waals surface area contributed by atoms with Gasteiger partial charge in [0.15, 0.2) is 0 Å². The first-order valence-corrected chi connectivity index (χ1v) is 9.55. The predicted molar refractivity (Wildman–Crippen MR) is 106 cm³/mol. The van der Waals surface area contributed by atoms with Crippen molar-refractivity contribution < 1.29 is 14.1 Å². The Morgan fingerprint density at radius 3 is 2.66 bits per heavy atom. The van der Waals surface area contributed by atoms with E-state index in [1.54, 1.807) is 13.0 Å². The first-order valence-electron chi connectivity index (χ1n) is 9.55. The second-order valence-corrected chi connectivity index (χ2v) is 7.11. The van der Waals surface area contributed by atoms with Crippen molar-refractivity contribution in [2.24, 2.45) is 7.05 Å². The lowest BCUT2D eigenvalue weighted by molar-refractivity contribution is -0.385. The molecular weight excluding hydrogens is 379 g/mol. The molecule has 10 heteroatoms. The molecule has 1 N–H and O–H groups in total. The molecule has 0 radical (unpaired) electrons. The summed E-state index contributed by atoms with van der Waals surface area (Å²) in [6, 6.07) is 3.97. The molecule has 1 atom stereocenters. The second-order valence-electron chi connectivity index (χ2n) is 7.11. The number of carbonyl (C=O) groups excluding carboxylic acids is 1. The van der Waals surface area contributed by atoms with Crippen LogP contribution < -0.4 is 10.2 Å². The van der Waals surface area contributed by atoms with E-state index < -0.39 is 22.7 Å². The number of benzene rings is 1. The zero-order chi connectivity index (χ0) is 21.1. The molecule has 0 unspecified atom stereocenters. The van der Waals surface area contributed by atoms with Gasteiger partial charge in [-0.1, -0.05) is 6.92 Å². The molecule has 2 aromatic rings. The van der Waals surface area contributed by atoms with Gasteiger partial charge in [0.1, 0.15) is 12.0 Å². The van der Waals surface area contributed by atoms with Crippen molar-refractivity contribution in [1.82, 2.24) is 20.0 Å². The third-order valence-corrected chi connectivity index (χ3v) is 5.19. The monoisotopic (exact) mass is 404 g/mol. The molecule has 0 bridgehead atoms. The fourth-order valence-corrected chi connectivity index (χ4v) is 3.58. The lowest BCUT2D eigenvalue weighted by Gasteiger charge is -2.37. The largest absolute Gasteiger partial charge is 0.369 e. The lowest BCUT2D eigenvalue weighted by Crippen LogP contribution is -2.46. The van der Waals surface area contributed by atoms with Gasteiger partial charge in [0.05, 0.1) is 11.0 Å². The standard InChI is InChI=1S/C19H25FN6O3/c1-4-24-7-9-25(10-8-24)16-6-5-14(20)11-15(16)13(2)21-19(27)18-17(26(28)29)12-23(3)22-18/h5-6,11-13H,4,7-10H2,1-3H3,(H,21,27)/t13-/m0/s1. The van der Waals surface area contributed by atoms with Gasteiger partial charge in [-0.05, 0) is 31.7 Å². The normalized spacial score (nSPS) is 15.9. The van der Waals surface area contributed by atoms with Gasteiger partial charge in [-0.3, -0.25) is 19.6 Å². The number of nitrogens with zero attached hydrogens (tertiary/aromatic N) is 5. The number of hydrogen-bond acceptors (Lipinski definition) is 6. The van der Waals surface area contributed by atoms with Gasteiger partial charge in [0.2, 0.25) is 5.69 Å². The molecule has 1 aromatic heterocycles. The van der Waals surface area contributed by atoms with E-state index in [9.17, 15) is 19.3 Å². The highest BCUT2D eigenvalue weighted by atomic mass is 19.1. The summed E-state index contributed by atoms with van der Waals surface area (Å²) in [4.78, 5) is 27.6. The molecular formula is C19H25FN6O3. The third kappa shape index (κ3) is 4.53. The number of hydrogen-bond donors (Lipinski definition) is 1. The Hall–Kier alpha value is -3.01. The van der Waals surface area contributed by atoms with E-state index in [1.807, 2.05) is 0 Å². The highest BCUT2D eigenvalue weighted by molar-refractivity contribution is 5.96. The lowest BCUT2D eigenvalue weighted by atomic mass is 10.0. The number of halogens is 1. The van der Waals surface area contributed by atoms with Gasteiger partial charge in [0.25, 0.3) is 5.91 Å². The van der Waals surface area contributed by atoms with E-state index in [2.05, 4.69) is 27.1 Å². The molecule has 1 aromatic carbocycles. The molecule has 9 nitrogen and oxygen atoms in total. The molecule has 2 heterocycles. The van der Waals surface area contributed by atoms with Crippen LogP contribution in [-0.2, 0) is 7.05 Å². The van der Waals surface area contributed by atoms with Crippen LogP contribution in [0.1, 0.15) is 35.9 Å². The summed E-state index contributed by atoms with van der Waals surface area (Å²) in [5.74, 6) is -1.07. The van der Waals surface area contributed by atoms with Crippen molar-refractivity contribution in [3.8, 4) is 0 Å². The summed E-state index contributed by atoms with van der Waals surface area (Å²) in [5.41, 5.74) is 0.846. The molecule has 1 aliphatic rings. The summed E-state index contributed by atoms with van der Waals surface area (Å²) in [5, 5.41) is 17.8. The number of nitrogens with one attached hydrogen (secondary N) is 1. The van der Waals surface area contributed by atoms with Crippen molar-refractivity contribution in [3.63, 3.8) is 0 Å². The minimum atomic E-state index is -0.671. The summed E-state index contributed by atoms with van der Waals surface area (Å²) < 4.78 is 15.2. The number of aryl methyl sites for hydroxylation is 1. The number of anilines is 1. The van der Waals surface area contributed by atoms with Crippen LogP contribution in [0.5, 0.6) is 0 Å². The van der Waals surface area contributed by atoms with Gasteiger partial charge in [0, 0.05) is 44.5 Å². The maximum atomic E-state index is 14.0. The van der Waals surface area contributed by atoms with E-state index in [4.69, 9.17) is 0 Å². The van der Waals surface area contributed by atoms with E-state index >= 15 is 0 Å². The van der Waals surface area contributed by atoms with Crippen LogP contribution >= 0.6 is 0 Å². The Morgan fingerprint density at radius 1 is 1.34 bits per heavy atom. The number of carbonyl (C=O) groups is 1. The molecule has 0 saturated carbocycles. The first-order chi connectivity index (χ1) is 13.8. The Morgan fingerprint density at radius 2 is 2.03 bits per heavy atom. The van der Waals surface area contributed by atoms with E-state index in [0.717, 1.165) is 38.4 Å². The van der Waals surface area contributed by atoms with Gasteiger partial charge in [-0.15, -0.1) is 0 Å². The molecule has 0 spiro atoms. The SMILES string of the molecule is CCN1CCN(c2ccc(F)cc2[C@H](C)NC(=O)c2nn(C)cc2[N+](=O)[O-])CC1. The minimum absolute atomic E-state index is 0.265. The van der Waals surface area contributed by atoms with Crippen LogP contribution in [0.3, 0.4) is 0 Å². The topological polar surface area (TPSA) is 96.5 Å². The minimum Gasteiger partial charge on any atom is -0.369 e. The van der Waals surface area contributed by atoms with Gasteiger partial charge < -0.3 is 15.1 Å². The average Bonchev–Trinajstić information content (AvgIpc) is 3.10. The summed E-state index contributed by atoms with van der Waals surface area (Å²) in [6.45, 7) is 8.26. The van der Waals surface area contributed by atoms with Crippen LogP contribution in [0.2, 0.25) is 0 Å². The molecule has 1 aliphatic heterocycles. The zero-order valence-electron chi connectivity index (χ0n) is 16.8. The number of likely N-dealkylation sites (N-methyl/N-ethyl adjacent to an activating group) is 1. The van der Waals surface area contributed by atoms with Crippen molar-refractivity contribution in [2.45, 2.75) is 19.9 Å². The number of rotatable bonds is 6. The van der Waals surface area contributed by atoms with Crippen molar-refractivity contribution in [1.29, 1.82) is 0 Å². The van der Waals surface area contributed by atoms with E-state index in [0.29, 0.717) is 5.56 Å². The Kier molecular flexibility index (Phi) is 6.12. The molecule has 156 valence electrons. The van der Waals surface area contributed by atoms with Crippen LogP contribution in [0.25, 0.3) is 0 Å². The number of nitro groups is 1. The predicted octanol–water partition coefficient (Wildman–Crippen LogP) is 2.10. The number of piperazine rings is 1. The van der Waals surface area contributed by atoms with E-state index in [-0.39, 0.29) is 11.4 Å². The maximum absolute atomic E-state index is 14.0. The summed E-state index contributed by atoms with van der Waals surface area (Å²) in [6.07, 6.45) is 1.18. The van der Waals surface area contributed by atoms with Crippen LogP contribution in [0, 0.1) is 15.9 Å². The van der Waals surface area contributed by atoms with Gasteiger partial charge >= 0.3 is 5.69 Å². The fraction of sp³-hybridized carbons (Fsp3) is 0.474. The molecule has 1 saturated heterocycles. The highest BCUT2D eigenvalue weighted by Crippen LogP contribution is 2.29. The Labute approximate surface area is 168 Å². The Balaban J connectivity index is 1.82. The molecule has 1 fully saturated rings. The van der Waals surface area contributed by atoms with Gasteiger partial charge in [-0.25, -0.2) is 4.39 Å². The molecule has 29 heavy (non-hydrogen) atoms. The van der Waals surface area contributed by atoms with Crippen LogP contribution in [-0.4, -0.2) is 58.2 Å². The maximum Gasteiger partial charge on any atom is 0.320 e. The highest BCUT2D eigenvalue weighted by Gasteiger charge is 2.27. The third-order valence-electron chi connectivity index (χ3n) is 5.19. The number of aromatic nitrogens is 2. The zero-order valence-corrected chi connectivity index (χ0v) is 16.8. The fourth-order valence-electron chi connectivity index (χ4n) is 3.58. The average molecular weight is 404 g/mol. The van der Waals surface area contributed by atoms with Gasteiger partial charge in [-0.2, -0.15) is 5.10 Å². The molecule has 1 amide bonds.